The Labute approximate surface area is 176 Å². The molecule has 1 N–H and O–H groups in total. The largest absolute Gasteiger partial charge is 0.507 e. The van der Waals surface area contributed by atoms with Crippen molar-refractivity contribution in [3.8, 4) is 16.9 Å². The molecule has 0 aliphatic rings. The molecule has 7 heteroatoms. The van der Waals surface area contributed by atoms with E-state index in [1.807, 2.05) is 6.92 Å². The minimum atomic E-state index is -4.82. The average molecular weight is 438 g/mol. The highest BCUT2D eigenvalue weighted by molar-refractivity contribution is 5.72. The quantitative estimate of drug-likeness (QED) is 0.403. The van der Waals surface area contributed by atoms with Gasteiger partial charge >= 0.3 is 6.18 Å². The third-order valence-electron chi connectivity index (χ3n) is 5.08. The molecular weight excluding hydrogens is 418 g/mol. The molecule has 3 rings (SSSR count). The van der Waals surface area contributed by atoms with E-state index in [4.69, 9.17) is 0 Å². The molecule has 0 amide bonds. The van der Waals surface area contributed by atoms with Gasteiger partial charge in [0.25, 0.3) is 0 Å². The highest BCUT2D eigenvalue weighted by Gasteiger charge is 2.33. The van der Waals surface area contributed by atoms with E-state index < -0.39 is 34.9 Å². The molecule has 0 aromatic heterocycles. The fourth-order valence-corrected chi connectivity index (χ4v) is 3.49. The Morgan fingerprint density at radius 3 is 2.00 bits per heavy atom. The van der Waals surface area contributed by atoms with E-state index in [0.29, 0.717) is 17.7 Å². The molecule has 0 atom stereocenters. The maximum atomic E-state index is 15.1. The fraction of sp³-hybridized carbons (Fsp3) is 0.250. The molecule has 0 aliphatic heterocycles. The summed E-state index contributed by atoms with van der Waals surface area (Å²) < 4.78 is 81.3. The van der Waals surface area contributed by atoms with Gasteiger partial charge in [0.15, 0.2) is 0 Å². The highest BCUT2D eigenvalue weighted by atomic mass is 19.4. The highest BCUT2D eigenvalue weighted by Crippen LogP contribution is 2.36. The lowest BCUT2D eigenvalue weighted by Gasteiger charge is -2.13. The number of alkyl halides is 3. The number of phenolic OH excluding ortho intramolecular Hbond substituents is 1. The summed E-state index contributed by atoms with van der Waals surface area (Å²) in [5, 5.41) is 10.1. The van der Waals surface area contributed by atoms with Gasteiger partial charge in [0.1, 0.15) is 23.2 Å². The van der Waals surface area contributed by atoms with Crippen molar-refractivity contribution in [3.05, 3.63) is 88.2 Å². The van der Waals surface area contributed by atoms with E-state index in [2.05, 4.69) is 0 Å². The zero-order valence-electron chi connectivity index (χ0n) is 16.7. The Morgan fingerprint density at radius 2 is 1.42 bits per heavy atom. The average Bonchev–Trinajstić information content (AvgIpc) is 2.68. The van der Waals surface area contributed by atoms with Crippen LogP contribution < -0.4 is 0 Å². The summed E-state index contributed by atoms with van der Waals surface area (Å²) in [5.41, 5.74) is -0.298. The number of rotatable bonds is 6. The zero-order chi connectivity index (χ0) is 22.8. The Bertz CT molecular complexity index is 1070. The first-order valence-electron chi connectivity index (χ1n) is 9.76. The number of hydrogen-bond acceptors (Lipinski definition) is 1. The number of halogens is 6. The van der Waals surface area contributed by atoms with Crippen molar-refractivity contribution in [2.24, 2.45) is 0 Å². The van der Waals surface area contributed by atoms with Gasteiger partial charge in [-0.15, -0.1) is 0 Å². The van der Waals surface area contributed by atoms with Gasteiger partial charge in [-0.3, -0.25) is 0 Å². The van der Waals surface area contributed by atoms with Crippen LogP contribution in [-0.2, 0) is 25.4 Å². The number of phenols is 1. The summed E-state index contributed by atoms with van der Waals surface area (Å²) in [4.78, 5) is 0. The van der Waals surface area contributed by atoms with Crippen molar-refractivity contribution in [2.75, 3.05) is 0 Å². The van der Waals surface area contributed by atoms with E-state index in [0.717, 1.165) is 30.5 Å². The van der Waals surface area contributed by atoms with Gasteiger partial charge in [-0.1, -0.05) is 43.7 Å². The number of aromatic hydroxyl groups is 1. The molecule has 3 aromatic carbocycles. The molecule has 0 heterocycles. The van der Waals surface area contributed by atoms with Crippen LogP contribution >= 0.6 is 0 Å². The lowest BCUT2D eigenvalue weighted by molar-refractivity contribution is -0.140. The molecule has 164 valence electrons. The van der Waals surface area contributed by atoms with Crippen molar-refractivity contribution >= 4 is 0 Å². The van der Waals surface area contributed by atoms with Crippen LogP contribution in [-0.4, -0.2) is 5.11 Å². The van der Waals surface area contributed by atoms with Crippen LogP contribution in [0.5, 0.6) is 5.75 Å². The predicted molar refractivity (Wildman–Crippen MR) is 106 cm³/mol. The van der Waals surface area contributed by atoms with E-state index in [-0.39, 0.29) is 29.5 Å². The monoisotopic (exact) mass is 438 g/mol. The van der Waals surface area contributed by atoms with Crippen molar-refractivity contribution in [3.63, 3.8) is 0 Å². The molecule has 0 aliphatic carbocycles. The molecule has 0 spiro atoms. The normalized spacial score (nSPS) is 11.7. The second-order valence-electron chi connectivity index (χ2n) is 7.30. The Balaban J connectivity index is 1.89. The van der Waals surface area contributed by atoms with Crippen molar-refractivity contribution < 1.29 is 31.4 Å². The summed E-state index contributed by atoms with van der Waals surface area (Å²) in [6.07, 6.45) is -3.34. The van der Waals surface area contributed by atoms with Crippen LogP contribution in [0.2, 0.25) is 0 Å². The van der Waals surface area contributed by atoms with E-state index in [9.17, 15) is 27.1 Å². The van der Waals surface area contributed by atoms with Crippen LogP contribution in [0, 0.1) is 17.5 Å². The number of hydrogen-bond donors (Lipinski definition) is 1. The molecular formula is C24H20F6O. The van der Waals surface area contributed by atoms with E-state index in [1.165, 1.54) is 0 Å². The molecule has 1 nitrogen and oxygen atoms in total. The number of benzene rings is 3. The predicted octanol–water partition coefficient (Wildman–Crippen LogP) is 7.23. The first-order chi connectivity index (χ1) is 14.6. The first-order valence-corrected chi connectivity index (χ1v) is 9.76. The Morgan fingerprint density at radius 1 is 0.774 bits per heavy atom. The van der Waals surface area contributed by atoms with E-state index in [1.54, 1.807) is 24.3 Å². The van der Waals surface area contributed by atoms with Gasteiger partial charge in [-0.05, 0) is 48.1 Å². The molecule has 0 fully saturated rings. The van der Waals surface area contributed by atoms with Crippen LogP contribution in [0.15, 0.2) is 48.5 Å². The van der Waals surface area contributed by atoms with Crippen molar-refractivity contribution in [1.82, 2.24) is 0 Å². The molecule has 3 aromatic rings. The van der Waals surface area contributed by atoms with Gasteiger partial charge in [0.2, 0.25) is 0 Å². The molecule has 0 unspecified atom stereocenters. The minimum Gasteiger partial charge on any atom is -0.507 e. The SMILES string of the molecule is CCCc1ccc(-c2c(O)cc(F)c(CCc3ccc(C(F)(F)F)c(F)c3)c2F)cc1. The van der Waals surface area contributed by atoms with Crippen molar-refractivity contribution in [2.45, 2.75) is 38.8 Å². The first kappa shape index (κ1) is 22.7. The van der Waals surface area contributed by atoms with Gasteiger partial charge in [-0.2, -0.15) is 13.2 Å². The lowest BCUT2D eigenvalue weighted by atomic mass is 9.95. The summed E-state index contributed by atoms with van der Waals surface area (Å²) in [7, 11) is 0. The summed E-state index contributed by atoms with van der Waals surface area (Å²) in [6.45, 7) is 2.02. The third kappa shape index (κ3) is 5.03. The zero-order valence-corrected chi connectivity index (χ0v) is 16.7. The Kier molecular flexibility index (Phi) is 6.62. The smallest absolute Gasteiger partial charge is 0.419 e. The lowest BCUT2D eigenvalue weighted by Crippen LogP contribution is -2.08. The third-order valence-corrected chi connectivity index (χ3v) is 5.08. The van der Waals surface area contributed by atoms with Gasteiger partial charge in [-0.25, -0.2) is 13.2 Å². The van der Waals surface area contributed by atoms with Gasteiger partial charge in [0.05, 0.1) is 11.1 Å². The van der Waals surface area contributed by atoms with Gasteiger partial charge in [0, 0.05) is 11.6 Å². The number of aryl methyl sites for hydroxylation is 2. The Hall–Kier alpha value is -2.96. The maximum absolute atomic E-state index is 15.1. The molecule has 0 saturated carbocycles. The van der Waals surface area contributed by atoms with Crippen LogP contribution in [0.25, 0.3) is 11.1 Å². The van der Waals surface area contributed by atoms with Crippen LogP contribution in [0.4, 0.5) is 26.3 Å². The van der Waals surface area contributed by atoms with Crippen molar-refractivity contribution in [1.29, 1.82) is 0 Å². The molecule has 0 radical (unpaired) electrons. The minimum absolute atomic E-state index is 0.0808. The fourth-order valence-electron chi connectivity index (χ4n) is 3.49. The van der Waals surface area contributed by atoms with E-state index >= 15 is 4.39 Å². The maximum Gasteiger partial charge on any atom is 0.419 e. The summed E-state index contributed by atoms with van der Waals surface area (Å²) in [6, 6.07) is 10.1. The second kappa shape index (κ2) is 9.04. The van der Waals surface area contributed by atoms with Gasteiger partial charge < -0.3 is 5.11 Å². The standard InChI is InChI=1S/C24H20F6O/c1-2-3-14-4-8-16(9-5-14)22-21(31)13-19(25)17(23(22)27)10-6-15-7-11-18(20(26)12-15)24(28,29)30/h4-5,7-9,11-13,31H,2-3,6,10H2,1H3. The molecule has 0 saturated heterocycles. The molecule has 31 heavy (non-hydrogen) atoms. The van der Waals surface area contributed by atoms with Crippen LogP contribution in [0.3, 0.4) is 0 Å². The summed E-state index contributed by atoms with van der Waals surface area (Å²) >= 11 is 0. The molecule has 0 bridgehead atoms. The second-order valence-corrected chi connectivity index (χ2v) is 7.30. The van der Waals surface area contributed by atoms with Crippen LogP contribution in [0.1, 0.15) is 35.6 Å². The topological polar surface area (TPSA) is 20.2 Å². The summed E-state index contributed by atoms with van der Waals surface area (Å²) in [5.74, 6) is -3.92.